The Balaban J connectivity index is 0.995. The molecule has 1 unspecified atom stereocenters. The van der Waals surface area contributed by atoms with Crippen LogP contribution in [0.1, 0.15) is 45.0 Å². The first-order valence-electron chi connectivity index (χ1n) is 18.8. The van der Waals surface area contributed by atoms with Crippen molar-refractivity contribution in [2.75, 3.05) is 72.8 Å². The van der Waals surface area contributed by atoms with E-state index >= 15 is 0 Å². The zero-order valence-corrected chi connectivity index (χ0v) is 33.0. The number of carboxylic acid groups (broad SMARTS) is 1. The van der Waals surface area contributed by atoms with Crippen molar-refractivity contribution in [1.82, 2.24) is 24.7 Å². The zero-order chi connectivity index (χ0) is 41.1. The molecule has 2 aromatic heterocycles. The van der Waals surface area contributed by atoms with Gasteiger partial charge in [-0.3, -0.25) is 9.47 Å². The number of piperazine rings is 1. The molecule has 5 aromatic rings. The Hall–Kier alpha value is -5.20. The molecule has 0 aliphatic carbocycles. The number of rotatable bonds is 19. The van der Waals surface area contributed by atoms with E-state index in [4.69, 9.17) is 23.7 Å². The van der Waals surface area contributed by atoms with Crippen LogP contribution in [-0.2, 0) is 33.5 Å². The summed E-state index contributed by atoms with van der Waals surface area (Å²) in [5.41, 5.74) is 2.32. The summed E-state index contributed by atoms with van der Waals surface area (Å²) < 4.78 is 72.4. The lowest BCUT2D eigenvalue weighted by Crippen LogP contribution is -2.43. The van der Waals surface area contributed by atoms with Crippen LogP contribution in [0.4, 0.5) is 18.0 Å². The van der Waals surface area contributed by atoms with E-state index in [1.54, 1.807) is 10.9 Å². The van der Waals surface area contributed by atoms with Crippen LogP contribution in [0.3, 0.4) is 0 Å². The molecule has 58 heavy (non-hydrogen) atoms. The second-order valence-electron chi connectivity index (χ2n) is 13.7. The quantitative estimate of drug-likeness (QED) is 0.0831. The Morgan fingerprint density at radius 3 is 2.40 bits per heavy atom. The molecule has 13 nitrogen and oxygen atoms in total. The standard InChI is InChI=1S/C41H46F3N5O8S/c1-28(57-36-24-37(58-38(36)39(50)51)49-27-46-34-11-8-30(22-35(34)49)25-48-15-13-47(2)14-16-48)32-10-9-31(23-33(32)41(42,43)44)55-21-20-54-19-18-53-17-12-45-40(52)56-26-29-6-4-3-5-7-29/h3-11,22-24,27-28H,12-21,25-26H2,1-2H3,(H,45,52)(H,50,51). The molecule has 1 fully saturated rings. The van der Waals surface area contributed by atoms with Gasteiger partial charge in [-0.05, 0) is 49.4 Å². The fourth-order valence-corrected chi connectivity index (χ4v) is 7.24. The van der Waals surface area contributed by atoms with Crippen LogP contribution < -0.4 is 14.8 Å². The Morgan fingerprint density at radius 2 is 1.66 bits per heavy atom. The van der Waals surface area contributed by atoms with Gasteiger partial charge in [-0.2, -0.15) is 13.2 Å². The van der Waals surface area contributed by atoms with Crippen molar-refractivity contribution < 1.29 is 51.6 Å². The van der Waals surface area contributed by atoms with Crippen LogP contribution >= 0.6 is 11.3 Å². The van der Waals surface area contributed by atoms with Crippen LogP contribution in [0, 0.1) is 0 Å². The van der Waals surface area contributed by atoms with Gasteiger partial charge in [0.15, 0.2) is 4.88 Å². The normalized spacial score (nSPS) is 14.4. The number of hydrogen-bond donors (Lipinski definition) is 2. The van der Waals surface area contributed by atoms with Crippen molar-refractivity contribution in [1.29, 1.82) is 0 Å². The van der Waals surface area contributed by atoms with Gasteiger partial charge in [0, 0.05) is 50.9 Å². The molecule has 6 rings (SSSR count). The number of amides is 1. The van der Waals surface area contributed by atoms with Crippen LogP contribution in [0.5, 0.6) is 11.5 Å². The van der Waals surface area contributed by atoms with Gasteiger partial charge in [0.1, 0.15) is 42.1 Å². The number of likely N-dealkylation sites (N-methyl/N-ethyl adjacent to an activating group) is 1. The number of benzene rings is 3. The summed E-state index contributed by atoms with van der Waals surface area (Å²) in [6.07, 6.45) is -4.87. The van der Waals surface area contributed by atoms with Gasteiger partial charge >= 0.3 is 18.2 Å². The first-order valence-corrected chi connectivity index (χ1v) is 19.6. The third-order valence-corrected chi connectivity index (χ3v) is 10.5. The van der Waals surface area contributed by atoms with Gasteiger partial charge in [0.2, 0.25) is 0 Å². The fourth-order valence-electron chi connectivity index (χ4n) is 6.33. The minimum Gasteiger partial charge on any atom is -0.491 e. The molecule has 0 saturated carbocycles. The van der Waals surface area contributed by atoms with E-state index in [1.807, 2.05) is 48.5 Å². The number of carbonyl (C=O) groups is 2. The third-order valence-electron chi connectivity index (χ3n) is 9.40. The fraction of sp³-hybridized carbons (Fsp3) is 0.390. The Kier molecular flexibility index (Phi) is 14.6. The van der Waals surface area contributed by atoms with Crippen LogP contribution in [0.15, 0.2) is 79.1 Å². The number of thiophene rings is 1. The van der Waals surface area contributed by atoms with Gasteiger partial charge in [-0.25, -0.2) is 14.6 Å². The Bertz CT molecular complexity index is 2120. The van der Waals surface area contributed by atoms with Crippen molar-refractivity contribution in [2.24, 2.45) is 0 Å². The number of nitrogens with zero attached hydrogens (tertiary/aromatic N) is 4. The average Bonchev–Trinajstić information content (AvgIpc) is 3.82. The molecule has 1 atom stereocenters. The van der Waals surface area contributed by atoms with E-state index < -0.39 is 29.9 Å². The molecular weight excluding hydrogens is 780 g/mol. The van der Waals surface area contributed by atoms with Crippen LogP contribution in [-0.4, -0.2) is 109 Å². The molecule has 0 radical (unpaired) electrons. The summed E-state index contributed by atoms with van der Waals surface area (Å²) in [6.45, 7) is 7.26. The second-order valence-corrected chi connectivity index (χ2v) is 14.7. The number of nitrogens with one attached hydrogen (secondary N) is 1. The number of aromatic carboxylic acids is 1. The number of aromatic nitrogens is 2. The summed E-state index contributed by atoms with van der Waals surface area (Å²) in [5, 5.41) is 13.1. The molecule has 1 aliphatic rings. The van der Waals surface area contributed by atoms with E-state index in [-0.39, 0.29) is 68.1 Å². The highest BCUT2D eigenvalue weighted by molar-refractivity contribution is 7.16. The predicted octanol–water partition coefficient (Wildman–Crippen LogP) is 7.03. The number of carboxylic acids is 1. The summed E-state index contributed by atoms with van der Waals surface area (Å²) in [7, 11) is 2.10. The average molecular weight is 826 g/mol. The van der Waals surface area contributed by atoms with Crippen molar-refractivity contribution in [3.8, 4) is 16.5 Å². The molecule has 3 heterocycles. The van der Waals surface area contributed by atoms with Gasteiger partial charge < -0.3 is 39.0 Å². The first-order chi connectivity index (χ1) is 27.9. The molecule has 3 aromatic carbocycles. The summed E-state index contributed by atoms with van der Waals surface area (Å²) in [4.78, 5) is 33.1. The molecule has 310 valence electrons. The Morgan fingerprint density at radius 1 is 0.914 bits per heavy atom. The summed E-state index contributed by atoms with van der Waals surface area (Å²) >= 11 is 0.953. The number of carbonyl (C=O) groups excluding carboxylic acids is 1. The minimum absolute atomic E-state index is 0.0164. The van der Waals surface area contributed by atoms with Gasteiger partial charge in [0.05, 0.1) is 43.0 Å². The van der Waals surface area contributed by atoms with Gasteiger partial charge in [-0.1, -0.05) is 42.5 Å². The number of ether oxygens (including phenoxy) is 5. The number of halogens is 3. The third kappa shape index (κ3) is 11.7. The summed E-state index contributed by atoms with van der Waals surface area (Å²) in [5.74, 6) is -1.33. The summed E-state index contributed by atoms with van der Waals surface area (Å²) in [6, 6.07) is 20.4. The zero-order valence-electron chi connectivity index (χ0n) is 32.2. The van der Waals surface area contributed by atoms with E-state index in [2.05, 4.69) is 27.1 Å². The lowest BCUT2D eigenvalue weighted by Gasteiger charge is -2.32. The van der Waals surface area contributed by atoms with Crippen molar-refractivity contribution in [2.45, 2.75) is 32.4 Å². The number of alkyl carbamates (subject to hydrolysis) is 1. The highest BCUT2D eigenvalue weighted by Crippen LogP contribution is 2.41. The van der Waals surface area contributed by atoms with Crippen LogP contribution in [0.2, 0.25) is 0 Å². The number of fused-ring (bicyclic) bond motifs is 1. The van der Waals surface area contributed by atoms with Crippen molar-refractivity contribution in [3.05, 3.63) is 106 Å². The molecule has 1 saturated heterocycles. The smallest absolute Gasteiger partial charge is 0.416 e. The second kappa shape index (κ2) is 20.0. The molecule has 0 bridgehead atoms. The maximum absolute atomic E-state index is 14.4. The topological polar surface area (TPSA) is 137 Å². The monoisotopic (exact) mass is 825 g/mol. The highest BCUT2D eigenvalue weighted by Gasteiger charge is 2.36. The number of imidazole rings is 1. The van der Waals surface area contributed by atoms with E-state index in [0.29, 0.717) is 5.00 Å². The van der Waals surface area contributed by atoms with Crippen molar-refractivity contribution >= 4 is 34.4 Å². The highest BCUT2D eigenvalue weighted by atomic mass is 32.1. The molecule has 1 aliphatic heterocycles. The SMILES string of the molecule is CC(Oc1cc(-n2cnc3ccc(CN4CCN(C)CC4)cc32)sc1C(=O)O)c1ccc(OCCOCCOCCNC(=O)OCc2ccccc2)cc1C(F)(F)F. The van der Waals surface area contributed by atoms with Crippen molar-refractivity contribution in [3.63, 3.8) is 0 Å². The molecular formula is C41H46F3N5O8S. The van der Waals surface area contributed by atoms with E-state index in [0.717, 1.165) is 72.3 Å². The van der Waals surface area contributed by atoms with E-state index in [1.165, 1.54) is 25.1 Å². The first kappa shape index (κ1) is 42.4. The molecule has 1 amide bonds. The maximum Gasteiger partial charge on any atom is 0.416 e. The lowest BCUT2D eigenvalue weighted by atomic mass is 10.0. The van der Waals surface area contributed by atoms with Crippen LogP contribution in [0.25, 0.3) is 16.0 Å². The minimum atomic E-state index is -4.75. The Labute approximate surface area is 337 Å². The molecule has 0 spiro atoms. The number of alkyl halides is 3. The molecule has 2 N–H and O–H groups in total. The lowest BCUT2D eigenvalue weighted by molar-refractivity contribution is -0.139. The largest absolute Gasteiger partial charge is 0.491 e. The van der Waals surface area contributed by atoms with E-state index in [9.17, 15) is 27.9 Å². The van der Waals surface area contributed by atoms with Gasteiger partial charge in [0.25, 0.3) is 0 Å². The maximum atomic E-state index is 14.4. The molecule has 17 heteroatoms. The van der Waals surface area contributed by atoms with Gasteiger partial charge in [-0.15, -0.1) is 11.3 Å². The number of hydrogen-bond acceptors (Lipinski definition) is 11. The predicted molar refractivity (Wildman–Crippen MR) is 211 cm³/mol.